The van der Waals surface area contributed by atoms with Gasteiger partial charge >= 0.3 is 6.09 Å². The van der Waals surface area contributed by atoms with Crippen LogP contribution in [0.3, 0.4) is 0 Å². The van der Waals surface area contributed by atoms with E-state index in [1.54, 1.807) is 4.90 Å². The summed E-state index contributed by atoms with van der Waals surface area (Å²) in [7, 11) is 1.97. The third kappa shape index (κ3) is 6.47. The maximum absolute atomic E-state index is 11.9. The first-order valence-corrected chi connectivity index (χ1v) is 7.44. The molecule has 0 spiro atoms. The number of nitrogens with two attached hydrogens (primary N) is 1. The van der Waals surface area contributed by atoms with E-state index in [1.807, 2.05) is 32.1 Å². The summed E-state index contributed by atoms with van der Waals surface area (Å²) < 4.78 is 7.37. The quantitative estimate of drug-likeness (QED) is 0.779. The van der Waals surface area contributed by atoms with Crippen molar-refractivity contribution in [2.75, 3.05) is 46.3 Å². The van der Waals surface area contributed by atoms with Crippen molar-refractivity contribution in [3.8, 4) is 0 Å². The van der Waals surface area contributed by atoms with Gasteiger partial charge < -0.3 is 9.64 Å². The van der Waals surface area contributed by atoms with Gasteiger partial charge in [0.25, 0.3) is 0 Å². The summed E-state index contributed by atoms with van der Waals surface area (Å²) in [6.07, 6.45) is -0.207. The summed E-state index contributed by atoms with van der Waals surface area (Å²) >= 11 is 1.25. The molecule has 112 valence electrons. The summed E-state index contributed by atoms with van der Waals surface area (Å²) in [5, 5.41) is 5.46. The second-order valence-corrected chi connectivity index (χ2v) is 6.60. The molecule has 1 fully saturated rings. The van der Waals surface area contributed by atoms with Crippen molar-refractivity contribution >= 4 is 18.2 Å². The first kappa shape index (κ1) is 16.6. The predicted octanol–water partition coefficient (Wildman–Crippen LogP) is 0.993. The molecule has 1 aliphatic heterocycles. The SMILES string of the molecule is CN(CCN1CCN(C(=O)OC(C)(C)C)CC1)SN. The third-order valence-electron chi connectivity index (χ3n) is 2.94. The molecule has 0 aromatic rings. The van der Waals surface area contributed by atoms with Crippen LogP contribution in [0.25, 0.3) is 0 Å². The molecule has 0 radical (unpaired) electrons. The van der Waals surface area contributed by atoms with Gasteiger partial charge in [0.15, 0.2) is 0 Å². The molecule has 0 aromatic heterocycles. The van der Waals surface area contributed by atoms with Crippen molar-refractivity contribution in [1.29, 1.82) is 0 Å². The number of hydrogen-bond acceptors (Lipinski definition) is 6. The molecule has 0 aliphatic carbocycles. The van der Waals surface area contributed by atoms with Crippen LogP contribution < -0.4 is 5.14 Å². The highest BCUT2D eigenvalue weighted by Crippen LogP contribution is 2.11. The average Bonchev–Trinajstić information content (AvgIpc) is 2.34. The molecular weight excluding hydrogens is 264 g/mol. The van der Waals surface area contributed by atoms with Crippen LogP contribution in [0.1, 0.15) is 20.8 Å². The van der Waals surface area contributed by atoms with Crippen LogP contribution in [0.15, 0.2) is 0 Å². The van der Waals surface area contributed by atoms with Gasteiger partial charge in [0.1, 0.15) is 5.60 Å². The molecule has 0 unspecified atom stereocenters. The molecule has 2 N–H and O–H groups in total. The summed E-state index contributed by atoms with van der Waals surface area (Å²) in [6, 6.07) is 0. The van der Waals surface area contributed by atoms with E-state index in [9.17, 15) is 4.79 Å². The smallest absolute Gasteiger partial charge is 0.410 e. The number of amides is 1. The van der Waals surface area contributed by atoms with E-state index in [-0.39, 0.29) is 6.09 Å². The van der Waals surface area contributed by atoms with E-state index < -0.39 is 5.60 Å². The molecule has 7 heteroatoms. The predicted molar refractivity (Wildman–Crippen MR) is 78.7 cm³/mol. The lowest BCUT2D eigenvalue weighted by atomic mass is 10.2. The Morgan fingerprint density at radius 2 is 1.89 bits per heavy atom. The summed E-state index contributed by atoms with van der Waals surface area (Å²) in [6.45, 7) is 10.8. The maximum atomic E-state index is 11.9. The van der Waals surface area contributed by atoms with Crippen molar-refractivity contribution < 1.29 is 9.53 Å². The van der Waals surface area contributed by atoms with E-state index in [4.69, 9.17) is 9.88 Å². The fourth-order valence-corrected chi connectivity index (χ4v) is 2.00. The van der Waals surface area contributed by atoms with Crippen LogP contribution >= 0.6 is 12.1 Å². The number of likely N-dealkylation sites (N-methyl/N-ethyl adjacent to an activating group) is 1. The largest absolute Gasteiger partial charge is 0.444 e. The Kier molecular flexibility index (Phi) is 6.38. The molecule has 1 aliphatic rings. The fourth-order valence-electron chi connectivity index (χ4n) is 1.82. The minimum absolute atomic E-state index is 0.207. The lowest BCUT2D eigenvalue weighted by Crippen LogP contribution is -2.51. The van der Waals surface area contributed by atoms with Crippen LogP contribution in [0.2, 0.25) is 0 Å². The Balaban J connectivity index is 2.27. The van der Waals surface area contributed by atoms with Gasteiger partial charge in [-0.2, -0.15) is 0 Å². The fraction of sp³-hybridized carbons (Fsp3) is 0.917. The maximum Gasteiger partial charge on any atom is 0.410 e. The number of ether oxygens (including phenoxy) is 1. The summed E-state index contributed by atoms with van der Waals surface area (Å²) in [4.78, 5) is 16.0. The Labute approximate surface area is 120 Å². The number of rotatable bonds is 4. The van der Waals surface area contributed by atoms with Gasteiger partial charge in [-0.15, -0.1) is 0 Å². The van der Waals surface area contributed by atoms with E-state index in [1.165, 1.54) is 12.1 Å². The lowest BCUT2D eigenvalue weighted by Gasteiger charge is -2.35. The molecule has 1 amide bonds. The Bertz CT molecular complexity index is 288. The highest BCUT2D eigenvalue weighted by molar-refractivity contribution is 7.94. The van der Waals surface area contributed by atoms with Gasteiger partial charge in [0.2, 0.25) is 0 Å². The van der Waals surface area contributed by atoms with E-state index in [0.29, 0.717) is 0 Å². The number of carbonyl (C=O) groups is 1. The van der Waals surface area contributed by atoms with Gasteiger partial charge in [-0.25, -0.2) is 9.10 Å². The van der Waals surface area contributed by atoms with E-state index >= 15 is 0 Å². The van der Waals surface area contributed by atoms with Crippen molar-refractivity contribution in [2.24, 2.45) is 5.14 Å². The molecule has 1 heterocycles. The van der Waals surface area contributed by atoms with Gasteiger partial charge in [-0.3, -0.25) is 10.0 Å². The van der Waals surface area contributed by atoms with Crippen LogP contribution in [-0.2, 0) is 4.74 Å². The molecule has 1 saturated heterocycles. The van der Waals surface area contributed by atoms with E-state index in [0.717, 1.165) is 39.3 Å². The number of piperazine rings is 1. The Hall–Kier alpha value is -0.500. The molecule has 19 heavy (non-hydrogen) atoms. The van der Waals surface area contributed by atoms with Crippen molar-refractivity contribution in [1.82, 2.24) is 14.1 Å². The first-order valence-electron chi connectivity index (χ1n) is 6.60. The minimum Gasteiger partial charge on any atom is -0.444 e. The average molecular weight is 290 g/mol. The first-order chi connectivity index (χ1) is 8.81. The number of hydrogen-bond donors (Lipinski definition) is 1. The Morgan fingerprint density at radius 1 is 1.32 bits per heavy atom. The van der Waals surface area contributed by atoms with Gasteiger partial charge in [-0.1, -0.05) is 0 Å². The zero-order valence-corrected chi connectivity index (χ0v) is 13.2. The topological polar surface area (TPSA) is 62.0 Å². The van der Waals surface area contributed by atoms with E-state index in [2.05, 4.69) is 4.90 Å². The zero-order valence-electron chi connectivity index (χ0n) is 12.4. The molecule has 0 saturated carbocycles. The van der Waals surface area contributed by atoms with Crippen molar-refractivity contribution in [2.45, 2.75) is 26.4 Å². The summed E-state index contributed by atoms with van der Waals surface area (Å²) in [5.74, 6) is 0. The zero-order chi connectivity index (χ0) is 14.5. The van der Waals surface area contributed by atoms with Crippen LogP contribution in [0.5, 0.6) is 0 Å². The van der Waals surface area contributed by atoms with Crippen LogP contribution in [0.4, 0.5) is 4.79 Å². The summed E-state index contributed by atoms with van der Waals surface area (Å²) in [5.41, 5.74) is -0.421. The molecule has 6 nitrogen and oxygen atoms in total. The number of carbonyl (C=O) groups excluding carboxylic acids is 1. The highest BCUT2D eigenvalue weighted by Gasteiger charge is 2.25. The lowest BCUT2D eigenvalue weighted by molar-refractivity contribution is 0.0144. The molecular formula is C12H26N4O2S. The molecule has 0 atom stereocenters. The third-order valence-corrected chi connectivity index (χ3v) is 3.48. The van der Waals surface area contributed by atoms with Gasteiger partial charge in [-0.05, 0) is 27.8 Å². The van der Waals surface area contributed by atoms with Crippen LogP contribution in [0, 0.1) is 0 Å². The Morgan fingerprint density at radius 3 is 2.37 bits per heavy atom. The molecule has 1 rings (SSSR count). The number of nitrogens with zero attached hydrogens (tertiary/aromatic N) is 3. The van der Waals surface area contributed by atoms with Crippen molar-refractivity contribution in [3.63, 3.8) is 0 Å². The second-order valence-electron chi connectivity index (χ2n) is 5.77. The van der Waals surface area contributed by atoms with Crippen molar-refractivity contribution in [3.05, 3.63) is 0 Å². The normalized spacial score (nSPS) is 17.9. The highest BCUT2D eigenvalue weighted by atomic mass is 32.2. The van der Waals surface area contributed by atoms with Gasteiger partial charge in [0.05, 0.1) is 0 Å². The van der Waals surface area contributed by atoms with Crippen LogP contribution in [-0.4, -0.2) is 72.1 Å². The van der Waals surface area contributed by atoms with Gasteiger partial charge in [0, 0.05) is 51.4 Å². The minimum atomic E-state index is -0.421. The standard InChI is InChI=1S/C12H26N4O2S/c1-12(2,3)18-11(17)16-9-7-15(8-10-16)6-5-14(4)19-13/h5-10,13H2,1-4H3. The monoisotopic (exact) mass is 290 g/mol. The molecule has 0 bridgehead atoms. The molecule has 0 aromatic carbocycles. The second kappa shape index (κ2) is 7.33.